The van der Waals surface area contributed by atoms with Gasteiger partial charge in [0.1, 0.15) is 6.61 Å². The molecule has 19 heavy (non-hydrogen) atoms. The van der Waals surface area contributed by atoms with Crippen molar-refractivity contribution in [1.29, 1.82) is 0 Å². The molecule has 0 bridgehead atoms. The lowest BCUT2D eigenvalue weighted by Crippen LogP contribution is -2.23. The number of aromatic nitrogens is 2. The first-order valence-electron chi connectivity index (χ1n) is 6.23. The van der Waals surface area contributed by atoms with Gasteiger partial charge in [-0.05, 0) is 24.3 Å². The average molecular weight is 274 g/mol. The SMILES string of the molecule is O=c1n(Cc2sccc2C#CCO)ccn1C1CC1. The molecule has 0 aromatic carbocycles. The first-order valence-corrected chi connectivity index (χ1v) is 7.11. The van der Waals surface area contributed by atoms with Gasteiger partial charge in [-0.2, -0.15) is 0 Å². The van der Waals surface area contributed by atoms with E-state index >= 15 is 0 Å². The molecule has 0 aliphatic heterocycles. The van der Waals surface area contributed by atoms with Crippen LogP contribution in [-0.4, -0.2) is 20.8 Å². The Balaban J connectivity index is 1.85. The van der Waals surface area contributed by atoms with Crippen molar-refractivity contribution >= 4 is 11.3 Å². The van der Waals surface area contributed by atoms with E-state index in [-0.39, 0.29) is 12.3 Å². The van der Waals surface area contributed by atoms with Gasteiger partial charge in [0.25, 0.3) is 0 Å². The highest BCUT2D eigenvalue weighted by atomic mass is 32.1. The quantitative estimate of drug-likeness (QED) is 0.861. The molecule has 0 spiro atoms. The van der Waals surface area contributed by atoms with Crippen LogP contribution < -0.4 is 5.69 Å². The Morgan fingerprint density at radius 3 is 3.00 bits per heavy atom. The first-order chi connectivity index (χ1) is 9.29. The van der Waals surface area contributed by atoms with Gasteiger partial charge in [0.2, 0.25) is 0 Å². The molecule has 0 radical (unpaired) electrons. The summed E-state index contributed by atoms with van der Waals surface area (Å²) in [6.45, 7) is 0.402. The molecule has 1 N–H and O–H groups in total. The third-order valence-electron chi connectivity index (χ3n) is 3.18. The molecule has 2 heterocycles. The van der Waals surface area contributed by atoms with Gasteiger partial charge < -0.3 is 5.11 Å². The molecule has 1 saturated carbocycles. The Labute approximate surface area is 114 Å². The molecule has 1 fully saturated rings. The first kappa shape index (κ1) is 12.3. The van der Waals surface area contributed by atoms with Crippen LogP contribution in [-0.2, 0) is 6.54 Å². The van der Waals surface area contributed by atoms with Crippen LogP contribution in [0.2, 0.25) is 0 Å². The standard InChI is InChI=1S/C14H14N2O2S/c17-8-1-2-11-5-9-19-13(11)10-15-6-7-16(14(15)18)12-3-4-12/h5-7,9,12,17H,3-4,8,10H2. The molecule has 1 aliphatic carbocycles. The summed E-state index contributed by atoms with van der Waals surface area (Å²) in [6.07, 6.45) is 5.92. The van der Waals surface area contributed by atoms with Crippen molar-refractivity contribution in [3.63, 3.8) is 0 Å². The minimum absolute atomic E-state index is 0.0527. The van der Waals surface area contributed by atoms with E-state index in [1.165, 1.54) is 0 Å². The van der Waals surface area contributed by atoms with Gasteiger partial charge in [0.15, 0.2) is 0 Å². The molecule has 2 aromatic rings. The van der Waals surface area contributed by atoms with Gasteiger partial charge in [-0.15, -0.1) is 11.3 Å². The Hall–Kier alpha value is -1.77. The lowest BCUT2D eigenvalue weighted by atomic mass is 10.2. The van der Waals surface area contributed by atoms with E-state index in [1.54, 1.807) is 15.9 Å². The van der Waals surface area contributed by atoms with E-state index in [2.05, 4.69) is 11.8 Å². The van der Waals surface area contributed by atoms with E-state index in [1.807, 2.05) is 28.4 Å². The molecular weight excluding hydrogens is 260 g/mol. The van der Waals surface area contributed by atoms with Gasteiger partial charge in [0.05, 0.1) is 6.54 Å². The van der Waals surface area contributed by atoms with Crippen molar-refractivity contribution in [2.75, 3.05) is 6.61 Å². The van der Waals surface area contributed by atoms with Crippen LogP contribution in [0, 0.1) is 11.8 Å². The lowest BCUT2D eigenvalue weighted by Gasteiger charge is -2.00. The van der Waals surface area contributed by atoms with Crippen molar-refractivity contribution in [2.45, 2.75) is 25.4 Å². The van der Waals surface area contributed by atoms with E-state index in [9.17, 15) is 4.79 Å². The summed E-state index contributed by atoms with van der Waals surface area (Å²) >= 11 is 1.58. The molecule has 2 aromatic heterocycles. The molecule has 4 nitrogen and oxygen atoms in total. The maximum absolute atomic E-state index is 12.2. The maximum Gasteiger partial charge on any atom is 0.328 e. The number of imidazole rings is 1. The minimum Gasteiger partial charge on any atom is -0.384 e. The summed E-state index contributed by atoms with van der Waals surface area (Å²) in [7, 11) is 0. The van der Waals surface area contributed by atoms with Gasteiger partial charge >= 0.3 is 5.69 Å². The van der Waals surface area contributed by atoms with E-state index < -0.39 is 0 Å². The monoisotopic (exact) mass is 274 g/mol. The zero-order valence-corrected chi connectivity index (χ0v) is 11.2. The van der Waals surface area contributed by atoms with E-state index in [0.717, 1.165) is 23.3 Å². The van der Waals surface area contributed by atoms with Gasteiger partial charge in [0, 0.05) is 28.9 Å². The smallest absolute Gasteiger partial charge is 0.328 e. The van der Waals surface area contributed by atoms with Crippen LogP contribution in [0.15, 0.2) is 28.6 Å². The third kappa shape index (κ3) is 2.50. The molecule has 0 amide bonds. The van der Waals surface area contributed by atoms with Gasteiger partial charge in [-0.1, -0.05) is 11.8 Å². The molecule has 5 heteroatoms. The fourth-order valence-corrected chi connectivity index (χ4v) is 2.87. The highest BCUT2D eigenvalue weighted by Gasteiger charge is 2.25. The number of aliphatic hydroxyl groups is 1. The topological polar surface area (TPSA) is 47.2 Å². The zero-order valence-electron chi connectivity index (χ0n) is 10.4. The Morgan fingerprint density at radius 2 is 2.26 bits per heavy atom. The average Bonchev–Trinajstić information content (AvgIpc) is 3.06. The fraction of sp³-hybridized carbons (Fsp3) is 0.357. The summed E-state index contributed by atoms with van der Waals surface area (Å²) in [5.41, 5.74) is 0.946. The normalized spacial score (nSPS) is 14.2. The predicted molar refractivity (Wildman–Crippen MR) is 74.3 cm³/mol. The van der Waals surface area contributed by atoms with Crippen molar-refractivity contribution in [3.05, 3.63) is 44.8 Å². The summed E-state index contributed by atoms with van der Waals surface area (Å²) in [4.78, 5) is 13.2. The second-order valence-electron chi connectivity index (χ2n) is 4.56. The second kappa shape index (κ2) is 5.08. The van der Waals surface area contributed by atoms with Crippen LogP contribution in [0.4, 0.5) is 0 Å². The van der Waals surface area contributed by atoms with Crippen LogP contribution in [0.5, 0.6) is 0 Å². The molecule has 1 aliphatic rings. The van der Waals surface area contributed by atoms with Crippen LogP contribution >= 0.6 is 11.3 Å². The lowest BCUT2D eigenvalue weighted by molar-refractivity contribution is 0.350. The van der Waals surface area contributed by atoms with Crippen LogP contribution in [0.25, 0.3) is 0 Å². The largest absolute Gasteiger partial charge is 0.384 e. The molecule has 0 atom stereocenters. The second-order valence-corrected chi connectivity index (χ2v) is 5.57. The predicted octanol–water partition coefficient (Wildman–Crippen LogP) is 1.44. The number of aliphatic hydroxyl groups excluding tert-OH is 1. The Morgan fingerprint density at radius 1 is 1.42 bits per heavy atom. The van der Waals surface area contributed by atoms with Gasteiger partial charge in [-0.3, -0.25) is 9.13 Å². The Kier molecular flexibility index (Phi) is 3.28. The number of nitrogens with zero attached hydrogens (tertiary/aromatic N) is 2. The Bertz CT molecular complexity index is 695. The van der Waals surface area contributed by atoms with Crippen LogP contribution in [0.1, 0.15) is 29.3 Å². The minimum atomic E-state index is -0.146. The molecule has 3 rings (SSSR count). The van der Waals surface area contributed by atoms with Crippen molar-refractivity contribution in [3.8, 4) is 11.8 Å². The van der Waals surface area contributed by atoms with Crippen molar-refractivity contribution in [2.24, 2.45) is 0 Å². The summed E-state index contributed by atoms with van der Waals surface area (Å²) in [5, 5.41) is 10.7. The third-order valence-corrected chi connectivity index (χ3v) is 4.08. The summed E-state index contributed by atoms with van der Waals surface area (Å²) in [6, 6.07) is 2.33. The number of thiophene rings is 1. The van der Waals surface area contributed by atoms with E-state index in [4.69, 9.17) is 5.11 Å². The zero-order chi connectivity index (χ0) is 13.2. The van der Waals surface area contributed by atoms with Crippen molar-refractivity contribution < 1.29 is 5.11 Å². The number of hydrogen-bond donors (Lipinski definition) is 1. The van der Waals surface area contributed by atoms with Gasteiger partial charge in [-0.25, -0.2) is 4.79 Å². The highest BCUT2D eigenvalue weighted by molar-refractivity contribution is 7.10. The highest BCUT2D eigenvalue weighted by Crippen LogP contribution is 2.33. The molecule has 98 valence electrons. The van der Waals surface area contributed by atoms with Crippen LogP contribution in [0.3, 0.4) is 0 Å². The molecular formula is C14H14N2O2S. The van der Waals surface area contributed by atoms with E-state index in [0.29, 0.717) is 12.6 Å². The molecule has 0 saturated heterocycles. The van der Waals surface area contributed by atoms with Crippen molar-refractivity contribution in [1.82, 2.24) is 9.13 Å². The fourth-order valence-electron chi connectivity index (χ4n) is 2.04. The molecule has 0 unspecified atom stereocenters. The number of rotatable bonds is 3. The maximum atomic E-state index is 12.2. The summed E-state index contributed by atoms with van der Waals surface area (Å²) in [5.74, 6) is 5.56. The number of hydrogen-bond acceptors (Lipinski definition) is 3. The summed E-state index contributed by atoms with van der Waals surface area (Å²) < 4.78 is 3.53.